The number of aromatic nitrogens is 2. The third kappa shape index (κ3) is 4.25. The molecule has 1 N–H and O–H groups in total. The average Bonchev–Trinajstić information content (AvgIpc) is 2.73. The van der Waals surface area contributed by atoms with Gasteiger partial charge < -0.3 is 15.1 Å². The van der Waals surface area contributed by atoms with Crippen molar-refractivity contribution in [1.29, 1.82) is 0 Å². The molecule has 1 aliphatic heterocycles. The van der Waals surface area contributed by atoms with Gasteiger partial charge in [0.2, 0.25) is 0 Å². The zero-order valence-electron chi connectivity index (χ0n) is 16.6. The zero-order chi connectivity index (χ0) is 19.3. The molecule has 2 heterocycles. The molecule has 1 fully saturated rings. The van der Waals surface area contributed by atoms with Gasteiger partial charge in [-0.25, -0.2) is 9.97 Å². The second-order valence-corrected chi connectivity index (χ2v) is 7.35. The van der Waals surface area contributed by atoms with Crippen LogP contribution in [0, 0.1) is 13.8 Å². The van der Waals surface area contributed by atoms with Crippen molar-refractivity contribution in [3.63, 3.8) is 0 Å². The molecule has 4 rings (SSSR count). The minimum Gasteiger partial charge on any atom is -0.368 e. The van der Waals surface area contributed by atoms with E-state index in [1.165, 1.54) is 22.4 Å². The number of rotatable bonds is 5. The molecule has 1 aromatic heterocycles. The van der Waals surface area contributed by atoms with Gasteiger partial charge in [0.1, 0.15) is 18.0 Å². The molecule has 1 saturated heterocycles. The Kier molecular flexibility index (Phi) is 5.42. The van der Waals surface area contributed by atoms with Gasteiger partial charge in [0.15, 0.2) is 0 Å². The van der Waals surface area contributed by atoms with Crippen LogP contribution < -0.4 is 15.1 Å². The number of anilines is 3. The summed E-state index contributed by atoms with van der Waals surface area (Å²) >= 11 is 0. The molecule has 5 nitrogen and oxygen atoms in total. The standard InChI is InChI=1S/C23H27N5/c1-18-6-5-9-21(14-18)27-10-12-28(13-11-27)23-15-22(25-17-26-23)24-16-20-8-4-3-7-19(20)2/h3-9,14-15,17H,10-13,16H2,1-2H3,(H,24,25,26). The van der Waals surface area contributed by atoms with Crippen molar-refractivity contribution < 1.29 is 0 Å². The first-order chi connectivity index (χ1) is 13.7. The zero-order valence-corrected chi connectivity index (χ0v) is 16.6. The van der Waals surface area contributed by atoms with E-state index in [0.717, 1.165) is 44.4 Å². The van der Waals surface area contributed by atoms with Crippen molar-refractivity contribution in [3.8, 4) is 0 Å². The van der Waals surface area contributed by atoms with Crippen molar-refractivity contribution in [2.45, 2.75) is 20.4 Å². The maximum Gasteiger partial charge on any atom is 0.134 e. The van der Waals surface area contributed by atoms with E-state index >= 15 is 0 Å². The third-order valence-corrected chi connectivity index (χ3v) is 5.34. The number of aryl methyl sites for hydroxylation is 2. The van der Waals surface area contributed by atoms with Crippen LogP contribution >= 0.6 is 0 Å². The van der Waals surface area contributed by atoms with E-state index in [1.54, 1.807) is 6.33 Å². The number of hydrogen-bond donors (Lipinski definition) is 1. The van der Waals surface area contributed by atoms with Crippen molar-refractivity contribution in [3.05, 3.63) is 77.6 Å². The molecule has 0 aliphatic carbocycles. The lowest BCUT2D eigenvalue weighted by molar-refractivity contribution is 0.646. The summed E-state index contributed by atoms with van der Waals surface area (Å²) in [4.78, 5) is 13.7. The summed E-state index contributed by atoms with van der Waals surface area (Å²) in [6.45, 7) is 8.97. The van der Waals surface area contributed by atoms with Crippen LogP contribution in [0.1, 0.15) is 16.7 Å². The second-order valence-electron chi connectivity index (χ2n) is 7.35. The highest BCUT2D eigenvalue weighted by atomic mass is 15.3. The summed E-state index contributed by atoms with van der Waals surface area (Å²) in [6, 6.07) is 19.2. The van der Waals surface area contributed by atoms with E-state index in [1.807, 2.05) is 0 Å². The number of hydrogen-bond acceptors (Lipinski definition) is 5. The Balaban J connectivity index is 1.38. The van der Waals surface area contributed by atoms with Crippen molar-refractivity contribution in [2.75, 3.05) is 41.3 Å². The molecule has 0 spiro atoms. The Hall–Kier alpha value is -3.08. The summed E-state index contributed by atoms with van der Waals surface area (Å²) in [5, 5.41) is 3.43. The Morgan fingerprint density at radius 2 is 1.64 bits per heavy atom. The molecule has 3 aromatic rings. The van der Waals surface area contributed by atoms with E-state index in [4.69, 9.17) is 0 Å². The van der Waals surface area contributed by atoms with Gasteiger partial charge in [-0.05, 0) is 42.7 Å². The predicted octanol–water partition coefficient (Wildman–Crippen LogP) is 4.03. The van der Waals surface area contributed by atoms with Crippen molar-refractivity contribution in [2.24, 2.45) is 0 Å². The first-order valence-corrected chi connectivity index (χ1v) is 9.86. The smallest absolute Gasteiger partial charge is 0.134 e. The van der Waals surface area contributed by atoms with Gasteiger partial charge in [-0.3, -0.25) is 0 Å². The molecule has 5 heteroatoms. The number of piperazine rings is 1. The predicted molar refractivity (Wildman–Crippen MR) is 116 cm³/mol. The number of nitrogens with zero attached hydrogens (tertiary/aromatic N) is 4. The molecule has 28 heavy (non-hydrogen) atoms. The molecule has 144 valence electrons. The quantitative estimate of drug-likeness (QED) is 0.731. The topological polar surface area (TPSA) is 44.3 Å². The summed E-state index contributed by atoms with van der Waals surface area (Å²) in [5.74, 6) is 1.86. The highest BCUT2D eigenvalue weighted by Gasteiger charge is 2.18. The van der Waals surface area contributed by atoms with Gasteiger partial charge in [0.05, 0.1) is 0 Å². The van der Waals surface area contributed by atoms with Crippen LogP contribution in [0.15, 0.2) is 60.9 Å². The lowest BCUT2D eigenvalue weighted by Crippen LogP contribution is -2.46. The maximum atomic E-state index is 4.50. The summed E-state index contributed by atoms with van der Waals surface area (Å²) < 4.78 is 0. The number of benzene rings is 2. The molecule has 0 bridgehead atoms. The van der Waals surface area contributed by atoms with E-state index in [2.05, 4.69) is 93.5 Å². The first-order valence-electron chi connectivity index (χ1n) is 9.86. The second kappa shape index (κ2) is 8.30. The third-order valence-electron chi connectivity index (χ3n) is 5.34. The minimum atomic E-state index is 0.768. The van der Waals surface area contributed by atoms with Crippen LogP contribution in [0.4, 0.5) is 17.3 Å². The van der Waals surface area contributed by atoms with Gasteiger partial charge in [-0.2, -0.15) is 0 Å². The fourth-order valence-electron chi connectivity index (χ4n) is 3.63. The fraction of sp³-hybridized carbons (Fsp3) is 0.304. The van der Waals surface area contributed by atoms with Gasteiger partial charge in [-0.1, -0.05) is 36.4 Å². The Bertz CT molecular complexity index is 932. The Morgan fingerprint density at radius 3 is 2.43 bits per heavy atom. The van der Waals surface area contributed by atoms with Gasteiger partial charge in [0.25, 0.3) is 0 Å². The lowest BCUT2D eigenvalue weighted by Gasteiger charge is -2.36. The fourth-order valence-corrected chi connectivity index (χ4v) is 3.63. The molecule has 0 radical (unpaired) electrons. The number of nitrogens with one attached hydrogen (secondary N) is 1. The van der Waals surface area contributed by atoms with Crippen LogP contribution in [0.3, 0.4) is 0 Å². The van der Waals surface area contributed by atoms with Crippen LogP contribution in [-0.4, -0.2) is 36.1 Å². The normalized spacial score (nSPS) is 14.2. The monoisotopic (exact) mass is 373 g/mol. The molecular weight excluding hydrogens is 346 g/mol. The van der Waals surface area contributed by atoms with Crippen LogP contribution in [0.25, 0.3) is 0 Å². The lowest BCUT2D eigenvalue weighted by atomic mass is 10.1. The molecule has 0 atom stereocenters. The molecule has 0 saturated carbocycles. The van der Waals surface area contributed by atoms with Crippen molar-refractivity contribution >= 4 is 17.3 Å². The van der Waals surface area contributed by atoms with Crippen LogP contribution in [0.5, 0.6) is 0 Å². The summed E-state index contributed by atoms with van der Waals surface area (Å²) in [7, 11) is 0. The highest BCUT2D eigenvalue weighted by molar-refractivity contribution is 5.53. The van der Waals surface area contributed by atoms with Crippen LogP contribution in [0.2, 0.25) is 0 Å². The van der Waals surface area contributed by atoms with Gasteiger partial charge >= 0.3 is 0 Å². The van der Waals surface area contributed by atoms with E-state index in [9.17, 15) is 0 Å². The van der Waals surface area contributed by atoms with E-state index < -0.39 is 0 Å². The molecule has 0 unspecified atom stereocenters. The van der Waals surface area contributed by atoms with Crippen molar-refractivity contribution in [1.82, 2.24) is 9.97 Å². The average molecular weight is 374 g/mol. The molecular formula is C23H27N5. The SMILES string of the molecule is Cc1cccc(N2CCN(c3cc(NCc4ccccc4C)ncn3)CC2)c1. The van der Waals surface area contributed by atoms with E-state index in [0.29, 0.717) is 0 Å². The van der Waals surface area contributed by atoms with Crippen LogP contribution in [-0.2, 0) is 6.54 Å². The molecule has 2 aromatic carbocycles. The van der Waals surface area contributed by atoms with Gasteiger partial charge in [0, 0.05) is 44.5 Å². The Morgan fingerprint density at radius 1 is 0.857 bits per heavy atom. The summed E-state index contributed by atoms with van der Waals surface area (Å²) in [6.07, 6.45) is 1.66. The first kappa shape index (κ1) is 18.3. The summed E-state index contributed by atoms with van der Waals surface area (Å²) in [5.41, 5.74) is 5.19. The maximum absolute atomic E-state index is 4.50. The van der Waals surface area contributed by atoms with E-state index in [-0.39, 0.29) is 0 Å². The minimum absolute atomic E-state index is 0.768. The highest BCUT2D eigenvalue weighted by Crippen LogP contribution is 2.21. The molecule has 0 amide bonds. The Labute approximate surface area is 167 Å². The van der Waals surface area contributed by atoms with Gasteiger partial charge in [-0.15, -0.1) is 0 Å². The largest absolute Gasteiger partial charge is 0.368 e. The molecule has 1 aliphatic rings.